The molecule has 0 unspecified atom stereocenters. The molecule has 0 radical (unpaired) electrons. The van der Waals surface area contributed by atoms with Gasteiger partial charge in [-0.1, -0.05) is 135 Å². The minimum atomic E-state index is 0.672. The van der Waals surface area contributed by atoms with Crippen molar-refractivity contribution < 1.29 is 0 Å². The molecule has 0 aliphatic carbocycles. The molecule has 0 saturated heterocycles. The van der Waals surface area contributed by atoms with Gasteiger partial charge in [-0.25, -0.2) is 9.97 Å². The Balaban J connectivity index is 1.38. The van der Waals surface area contributed by atoms with Crippen molar-refractivity contribution in [2.75, 3.05) is 0 Å². The normalized spacial score (nSPS) is 11.3. The van der Waals surface area contributed by atoms with Gasteiger partial charge in [0, 0.05) is 28.5 Å². The molecule has 2 heterocycles. The molecule has 5 aromatic carbocycles. The van der Waals surface area contributed by atoms with E-state index in [-0.39, 0.29) is 0 Å². The number of rotatable bonds is 10. The summed E-state index contributed by atoms with van der Waals surface area (Å²) in [6.45, 7) is 5.97. The summed E-state index contributed by atoms with van der Waals surface area (Å²) in [5, 5.41) is 0. The SMILES string of the molecule is C=N/C(=C\CCC)c1ccc(-c2cc(-c3ccc(-c4ccccn4)cc3)cc(-c3nc(-c4ccccc4)cc(-c4ccccc4)n3)c2)cc1. The molecule has 4 heteroatoms. The number of aliphatic imine (C=N–C) groups is 1. The molecule has 0 spiro atoms. The molecule has 49 heavy (non-hydrogen) atoms. The van der Waals surface area contributed by atoms with Crippen LogP contribution < -0.4 is 0 Å². The van der Waals surface area contributed by atoms with E-state index >= 15 is 0 Å². The monoisotopic (exact) mass is 632 g/mol. The van der Waals surface area contributed by atoms with Crippen LogP contribution in [0.5, 0.6) is 0 Å². The van der Waals surface area contributed by atoms with Gasteiger partial charge < -0.3 is 0 Å². The summed E-state index contributed by atoms with van der Waals surface area (Å²) < 4.78 is 0. The Labute approximate surface area is 288 Å². The van der Waals surface area contributed by atoms with E-state index in [1.807, 2.05) is 60.8 Å². The van der Waals surface area contributed by atoms with Crippen molar-refractivity contribution >= 4 is 12.4 Å². The number of benzene rings is 5. The molecule has 7 rings (SSSR count). The van der Waals surface area contributed by atoms with Crippen LogP contribution in [-0.2, 0) is 0 Å². The average Bonchev–Trinajstić information content (AvgIpc) is 3.19. The highest BCUT2D eigenvalue weighted by molar-refractivity contribution is 5.82. The van der Waals surface area contributed by atoms with Crippen LogP contribution in [0.4, 0.5) is 0 Å². The van der Waals surface area contributed by atoms with Crippen LogP contribution in [0.2, 0.25) is 0 Å². The van der Waals surface area contributed by atoms with E-state index < -0.39 is 0 Å². The zero-order valence-electron chi connectivity index (χ0n) is 27.5. The van der Waals surface area contributed by atoms with E-state index in [9.17, 15) is 0 Å². The third-order valence-electron chi connectivity index (χ3n) is 8.55. The second kappa shape index (κ2) is 14.7. The summed E-state index contributed by atoms with van der Waals surface area (Å²) in [4.78, 5) is 19.1. The van der Waals surface area contributed by atoms with Crippen molar-refractivity contribution in [1.82, 2.24) is 15.0 Å². The van der Waals surface area contributed by atoms with E-state index in [2.05, 4.69) is 127 Å². The third-order valence-corrected chi connectivity index (χ3v) is 8.55. The molecular formula is C45H36N4. The van der Waals surface area contributed by atoms with E-state index in [0.29, 0.717) is 5.82 Å². The minimum absolute atomic E-state index is 0.672. The molecule has 236 valence electrons. The van der Waals surface area contributed by atoms with Gasteiger partial charge in [0.15, 0.2) is 5.82 Å². The summed E-state index contributed by atoms with van der Waals surface area (Å²) in [6, 6.07) is 52.4. The molecule has 0 amide bonds. The largest absolute Gasteiger partial charge is 0.264 e. The molecule has 0 saturated carbocycles. The minimum Gasteiger partial charge on any atom is -0.264 e. The third kappa shape index (κ3) is 7.19. The first-order valence-electron chi connectivity index (χ1n) is 16.6. The lowest BCUT2D eigenvalue weighted by atomic mass is 9.94. The van der Waals surface area contributed by atoms with Gasteiger partial charge in [0.05, 0.1) is 22.8 Å². The van der Waals surface area contributed by atoms with Crippen LogP contribution in [0.3, 0.4) is 0 Å². The van der Waals surface area contributed by atoms with Crippen molar-refractivity contribution in [3.8, 4) is 67.4 Å². The number of hydrogen-bond acceptors (Lipinski definition) is 4. The highest BCUT2D eigenvalue weighted by atomic mass is 14.9. The fourth-order valence-electron chi connectivity index (χ4n) is 5.94. The first-order chi connectivity index (χ1) is 24.2. The van der Waals surface area contributed by atoms with Gasteiger partial charge in [-0.3, -0.25) is 9.98 Å². The summed E-state index contributed by atoms with van der Waals surface area (Å²) >= 11 is 0. The Morgan fingerprint density at radius 3 is 1.57 bits per heavy atom. The molecule has 2 aromatic heterocycles. The molecular weight excluding hydrogens is 597 g/mol. The summed E-state index contributed by atoms with van der Waals surface area (Å²) in [7, 11) is 0. The lowest BCUT2D eigenvalue weighted by molar-refractivity contribution is 0.958. The van der Waals surface area contributed by atoms with Crippen molar-refractivity contribution in [2.24, 2.45) is 4.99 Å². The van der Waals surface area contributed by atoms with Crippen LogP contribution in [0.1, 0.15) is 25.3 Å². The van der Waals surface area contributed by atoms with Crippen LogP contribution in [-0.4, -0.2) is 21.7 Å². The molecule has 7 aromatic rings. The first kappa shape index (κ1) is 31.3. The molecule has 0 N–H and O–H groups in total. The molecule has 4 nitrogen and oxygen atoms in total. The zero-order chi connectivity index (χ0) is 33.4. The van der Waals surface area contributed by atoms with E-state index in [0.717, 1.165) is 85.7 Å². The van der Waals surface area contributed by atoms with Crippen LogP contribution in [0.15, 0.2) is 169 Å². The Bertz CT molecular complexity index is 2150. The van der Waals surface area contributed by atoms with Gasteiger partial charge in [-0.2, -0.15) is 0 Å². The predicted octanol–water partition coefficient (Wildman–Crippen LogP) is 11.7. The number of unbranched alkanes of at least 4 members (excludes halogenated alkanes) is 1. The molecule has 0 atom stereocenters. The van der Waals surface area contributed by atoms with Crippen LogP contribution in [0, 0.1) is 0 Å². The molecule has 0 fully saturated rings. The van der Waals surface area contributed by atoms with Gasteiger partial charge in [0.2, 0.25) is 0 Å². The lowest BCUT2D eigenvalue weighted by Gasteiger charge is -2.14. The first-order valence-corrected chi connectivity index (χ1v) is 16.6. The van der Waals surface area contributed by atoms with Crippen molar-refractivity contribution in [1.29, 1.82) is 0 Å². The van der Waals surface area contributed by atoms with Crippen molar-refractivity contribution in [3.05, 3.63) is 169 Å². The van der Waals surface area contributed by atoms with Gasteiger partial charge in [-0.15, -0.1) is 0 Å². The Morgan fingerprint density at radius 1 is 0.531 bits per heavy atom. The van der Waals surface area contributed by atoms with Crippen LogP contribution in [0.25, 0.3) is 73.1 Å². The van der Waals surface area contributed by atoms with Gasteiger partial charge in [-0.05, 0) is 77.4 Å². The number of hydrogen-bond donors (Lipinski definition) is 0. The van der Waals surface area contributed by atoms with Crippen molar-refractivity contribution in [2.45, 2.75) is 19.8 Å². The lowest BCUT2D eigenvalue weighted by Crippen LogP contribution is -1.97. The summed E-state index contributed by atoms with van der Waals surface area (Å²) in [5.41, 5.74) is 13.1. The van der Waals surface area contributed by atoms with Crippen LogP contribution >= 0.6 is 0 Å². The topological polar surface area (TPSA) is 51.0 Å². The van der Waals surface area contributed by atoms with Gasteiger partial charge in [0.1, 0.15) is 0 Å². The number of allylic oxidation sites excluding steroid dienone is 1. The van der Waals surface area contributed by atoms with E-state index in [1.54, 1.807) is 0 Å². The standard InChI is InChI=1S/C45H36N4/c1-3-4-17-41(46-2)36-23-19-32(20-24-36)38-28-39(33-21-25-37(26-22-33)42-18-11-12-27-47-42)30-40(29-38)45-48-43(34-13-7-5-8-14-34)31-44(49-45)35-15-9-6-10-16-35/h5-31H,2-4H2,1H3/b41-17-. The second-order valence-electron chi connectivity index (χ2n) is 11.9. The van der Waals surface area contributed by atoms with Gasteiger partial charge >= 0.3 is 0 Å². The molecule has 0 aliphatic heterocycles. The van der Waals surface area contributed by atoms with Crippen molar-refractivity contribution in [3.63, 3.8) is 0 Å². The molecule has 0 bridgehead atoms. The highest BCUT2D eigenvalue weighted by Gasteiger charge is 2.14. The number of pyridine rings is 1. The summed E-state index contributed by atoms with van der Waals surface area (Å²) in [6.07, 6.45) is 6.00. The fourth-order valence-corrected chi connectivity index (χ4v) is 5.94. The highest BCUT2D eigenvalue weighted by Crippen LogP contribution is 2.35. The maximum atomic E-state index is 5.15. The average molecular weight is 633 g/mol. The molecule has 0 aliphatic rings. The van der Waals surface area contributed by atoms with Gasteiger partial charge in [0.25, 0.3) is 0 Å². The number of aromatic nitrogens is 3. The Kier molecular flexibility index (Phi) is 9.38. The maximum Gasteiger partial charge on any atom is 0.160 e. The van der Waals surface area contributed by atoms with E-state index in [4.69, 9.17) is 9.97 Å². The quantitative estimate of drug-likeness (QED) is 0.141. The Hall–Kier alpha value is -6.26. The second-order valence-corrected chi connectivity index (χ2v) is 11.9. The number of nitrogens with zero attached hydrogens (tertiary/aromatic N) is 4. The zero-order valence-corrected chi connectivity index (χ0v) is 27.5. The smallest absolute Gasteiger partial charge is 0.160 e. The predicted molar refractivity (Wildman–Crippen MR) is 205 cm³/mol. The Morgan fingerprint density at radius 2 is 1.04 bits per heavy atom. The maximum absolute atomic E-state index is 5.15. The summed E-state index contributed by atoms with van der Waals surface area (Å²) in [5.74, 6) is 0.672. The fraction of sp³-hybridized carbons (Fsp3) is 0.0667. The van der Waals surface area contributed by atoms with E-state index in [1.165, 1.54) is 0 Å².